The number of nitro groups is 2. The Balaban J connectivity index is 0.000000261. The van der Waals surface area contributed by atoms with Crippen LogP contribution >= 0.6 is 0 Å². The Labute approximate surface area is 393 Å². The summed E-state index contributed by atoms with van der Waals surface area (Å²) in [5.74, 6) is -9.82. The van der Waals surface area contributed by atoms with E-state index in [-0.39, 0.29) is 51.7 Å². The van der Waals surface area contributed by atoms with Crippen molar-refractivity contribution in [2.45, 2.75) is 20.8 Å². The topological polar surface area (TPSA) is 360 Å². The van der Waals surface area contributed by atoms with Gasteiger partial charge in [-0.15, -0.1) is 0 Å². The summed E-state index contributed by atoms with van der Waals surface area (Å²) >= 11 is 0. The molecule has 0 aliphatic heterocycles. The number of rotatable bonds is 10. The second-order valence-electron chi connectivity index (χ2n) is 13.4. The molecule has 6 rings (SSSR count). The SMILES string of the molecule is CC(=O)Nc1ccc(C(=O)Nc2c(F)ccc(N)c2F)cn1.CC(=O)Nc1ccc(C(=O)Nc2c(F)ccc([N+](=O)[O-])c2F)cn1.CC(=O)Nc1ccc(C(=O)O)cn1.Nc1c(F)ccc([N+](=O)[O-])c1F. The molecule has 29 heteroatoms. The Bertz CT molecular complexity index is 3010. The molecule has 0 spiro atoms. The molecule has 6 aromatic rings. The largest absolute Gasteiger partial charge is 0.478 e. The first-order valence-electron chi connectivity index (χ1n) is 19.1. The first kappa shape index (κ1) is 55.2. The quantitative estimate of drug-likeness (QED) is 0.0302. The third-order valence-electron chi connectivity index (χ3n) is 8.14. The van der Waals surface area contributed by atoms with Gasteiger partial charge >= 0.3 is 17.3 Å². The fourth-order valence-electron chi connectivity index (χ4n) is 4.89. The summed E-state index contributed by atoms with van der Waals surface area (Å²) in [6.45, 7) is 3.94. The lowest BCUT2D eigenvalue weighted by molar-refractivity contribution is -0.387. The lowest BCUT2D eigenvalue weighted by Crippen LogP contribution is -2.16. The van der Waals surface area contributed by atoms with Gasteiger partial charge in [0.1, 0.15) is 52.0 Å². The van der Waals surface area contributed by atoms with E-state index in [9.17, 15) is 75.3 Å². The number of amides is 5. The van der Waals surface area contributed by atoms with Crippen molar-refractivity contribution in [3.05, 3.63) is 163 Å². The zero-order chi connectivity index (χ0) is 53.3. The zero-order valence-electron chi connectivity index (χ0n) is 36.3. The van der Waals surface area contributed by atoms with Crippen LogP contribution in [0.5, 0.6) is 0 Å². The number of nitrogens with one attached hydrogen (secondary N) is 5. The summed E-state index contributed by atoms with van der Waals surface area (Å²) in [5.41, 5.74) is 5.82. The predicted octanol–water partition coefficient (Wildman–Crippen LogP) is 6.82. The number of hydrogen-bond acceptors (Lipinski definition) is 15. The Morgan fingerprint density at radius 3 is 1.20 bits per heavy atom. The highest BCUT2D eigenvalue weighted by Gasteiger charge is 2.24. The molecule has 23 nitrogen and oxygen atoms in total. The Kier molecular flexibility index (Phi) is 19.6. The van der Waals surface area contributed by atoms with Gasteiger partial charge in [0, 0.05) is 51.5 Å². The molecule has 0 saturated carbocycles. The van der Waals surface area contributed by atoms with E-state index in [4.69, 9.17) is 16.6 Å². The molecule has 3 aromatic heterocycles. The second kappa shape index (κ2) is 25.2. The molecule has 0 unspecified atom stereocenters. The minimum Gasteiger partial charge on any atom is -0.478 e. The number of nitrogens with two attached hydrogens (primary N) is 2. The van der Waals surface area contributed by atoms with Crippen LogP contribution in [0.2, 0.25) is 0 Å². The third-order valence-corrected chi connectivity index (χ3v) is 8.14. The van der Waals surface area contributed by atoms with Crippen LogP contribution in [-0.4, -0.2) is 65.4 Å². The highest BCUT2D eigenvalue weighted by Crippen LogP contribution is 2.28. The average molecular weight is 997 g/mol. The summed E-state index contributed by atoms with van der Waals surface area (Å²) in [6, 6.07) is 13.0. The molecular formula is C42H34F6N12O11. The van der Waals surface area contributed by atoms with Gasteiger partial charge in [0.05, 0.1) is 32.2 Å². The number of nitrogens with zero attached hydrogens (tertiary/aromatic N) is 5. The molecular weight excluding hydrogens is 963 g/mol. The average Bonchev–Trinajstić information content (AvgIpc) is 3.30. The van der Waals surface area contributed by atoms with Crippen molar-refractivity contribution in [1.82, 2.24) is 15.0 Å². The van der Waals surface area contributed by atoms with Crippen molar-refractivity contribution in [3.8, 4) is 0 Å². The molecule has 0 saturated heterocycles. The van der Waals surface area contributed by atoms with Crippen LogP contribution in [0.1, 0.15) is 51.8 Å². The molecule has 0 bridgehead atoms. The number of nitro benzene ring substituents is 2. The van der Waals surface area contributed by atoms with Crippen molar-refractivity contribution in [2.75, 3.05) is 38.1 Å². The molecule has 5 amide bonds. The van der Waals surface area contributed by atoms with Gasteiger partial charge in [-0.05, 0) is 60.7 Å². The number of pyridine rings is 3. The monoisotopic (exact) mass is 996 g/mol. The molecule has 0 atom stereocenters. The molecule has 10 N–H and O–H groups in total. The number of benzene rings is 3. The third kappa shape index (κ3) is 16.3. The molecule has 0 fully saturated rings. The first-order valence-corrected chi connectivity index (χ1v) is 19.1. The molecule has 71 heavy (non-hydrogen) atoms. The van der Waals surface area contributed by atoms with Gasteiger partial charge in [-0.1, -0.05) is 0 Å². The number of carbonyl (C=O) groups is 6. The Hall–Kier alpha value is -10.1. The summed E-state index contributed by atoms with van der Waals surface area (Å²) in [7, 11) is 0. The van der Waals surface area contributed by atoms with E-state index in [1.165, 1.54) is 69.6 Å². The summed E-state index contributed by atoms with van der Waals surface area (Å²) in [6.07, 6.45) is 3.43. The minimum absolute atomic E-state index is 0.0607. The van der Waals surface area contributed by atoms with E-state index in [0.29, 0.717) is 18.0 Å². The number of carbonyl (C=O) groups excluding carboxylic acids is 5. The second-order valence-corrected chi connectivity index (χ2v) is 13.4. The summed E-state index contributed by atoms with van der Waals surface area (Å²) in [4.78, 5) is 96.7. The predicted molar refractivity (Wildman–Crippen MR) is 240 cm³/mol. The van der Waals surface area contributed by atoms with E-state index in [1.807, 2.05) is 5.32 Å². The van der Waals surface area contributed by atoms with Gasteiger partial charge in [0.15, 0.2) is 5.82 Å². The van der Waals surface area contributed by atoms with Crippen molar-refractivity contribution >= 4 is 87.1 Å². The molecule has 0 aliphatic carbocycles. The van der Waals surface area contributed by atoms with Crippen LogP contribution in [0.4, 0.5) is 77.9 Å². The van der Waals surface area contributed by atoms with E-state index in [1.54, 1.807) is 0 Å². The zero-order valence-corrected chi connectivity index (χ0v) is 36.3. The molecule has 0 radical (unpaired) electrons. The smallest absolute Gasteiger partial charge is 0.337 e. The van der Waals surface area contributed by atoms with Gasteiger partial charge in [-0.25, -0.2) is 37.3 Å². The number of nitrogen functional groups attached to an aromatic ring is 2. The van der Waals surface area contributed by atoms with E-state index < -0.39 is 91.0 Å². The van der Waals surface area contributed by atoms with Crippen molar-refractivity contribution in [3.63, 3.8) is 0 Å². The number of aromatic nitrogens is 3. The van der Waals surface area contributed by atoms with Crippen LogP contribution in [-0.2, 0) is 14.4 Å². The van der Waals surface area contributed by atoms with Crippen LogP contribution < -0.4 is 38.1 Å². The van der Waals surface area contributed by atoms with Crippen molar-refractivity contribution < 1.29 is 70.1 Å². The maximum absolute atomic E-state index is 13.9. The van der Waals surface area contributed by atoms with Gasteiger partial charge in [-0.2, -0.15) is 8.78 Å². The van der Waals surface area contributed by atoms with Crippen molar-refractivity contribution in [2.24, 2.45) is 0 Å². The molecule has 370 valence electrons. The first-order chi connectivity index (χ1) is 33.3. The maximum atomic E-state index is 13.9. The van der Waals surface area contributed by atoms with Gasteiger partial charge in [0.2, 0.25) is 29.4 Å². The number of carboxylic acids is 1. The van der Waals surface area contributed by atoms with E-state index >= 15 is 0 Å². The highest BCUT2D eigenvalue weighted by molar-refractivity contribution is 6.05. The molecule has 3 aromatic carbocycles. The number of halogens is 6. The Morgan fingerprint density at radius 2 is 0.845 bits per heavy atom. The maximum Gasteiger partial charge on any atom is 0.337 e. The van der Waals surface area contributed by atoms with Gasteiger partial charge in [-0.3, -0.25) is 44.2 Å². The van der Waals surface area contributed by atoms with Gasteiger partial charge < -0.3 is 43.2 Å². The number of anilines is 7. The van der Waals surface area contributed by atoms with Gasteiger partial charge in [0.25, 0.3) is 11.8 Å². The lowest BCUT2D eigenvalue weighted by Gasteiger charge is -2.09. The van der Waals surface area contributed by atoms with Crippen molar-refractivity contribution in [1.29, 1.82) is 0 Å². The minimum atomic E-state index is -1.49. The summed E-state index contributed by atoms with van der Waals surface area (Å²) < 4.78 is 79.9. The molecule has 3 heterocycles. The fourth-order valence-corrected chi connectivity index (χ4v) is 4.89. The number of aromatic carboxylic acids is 1. The van der Waals surface area contributed by atoms with Crippen LogP contribution in [0.15, 0.2) is 91.4 Å². The highest BCUT2D eigenvalue weighted by atomic mass is 19.2. The standard InChI is InChI=1S/C14H10F2N4O4.C14H12F2N4O2.C8H8N2O3.C6H4F2N2O2/c1-7(21)18-11-5-2-8(6-17-11)14(22)19-13-9(15)3-4-10(12(13)16)20(23)24;1-7(21)19-11-5-2-8(6-18-11)14(22)20-13-9(15)3-4-10(17)12(13)16;1-5(11)10-7-3-2-6(4-9-7)8(12)13;7-3-1-2-4(10(11)12)5(8)6(3)9/h2-6H,1H3,(H,19,22)(H,17,18,21);2-6H,17H2,1H3,(H,20,22)(H,18,19,21);2-4H,1H3,(H,12,13)(H,9,10,11);1-2H,9H2. The van der Waals surface area contributed by atoms with Crippen LogP contribution in [0.3, 0.4) is 0 Å². The Morgan fingerprint density at radius 1 is 0.493 bits per heavy atom. The molecule has 0 aliphatic rings. The number of carboxylic acid groups (broad SMARTS) is 1. The normalized spacial score (nSPS) is 9.93. The summed E-state index contributed by atoms with van der Waals surface area (Å²) in [5, 5.41) is 40.5. The van der Waals surface area contributed by atoms with Crippen LogP contribution in [0.25, 0.3) is 0 Å². The van der Waals surface area contributed by atoms with E-state index in [2.05, 4.69) is 36.2 Å². The number of hydrogen-bond donors (Lipinski definition) is 8. The van der Waals surface area contributed by atoms with Crippen LogP contribution in [0, 0.1) is 55.1 Å². The lowest BCUT2D eigenvalue weighted by atomic mass is 10.2. The van der Waals surface area contributed by atoms with E-state index in [0.717, 1.165) is 30.5 Å². The fraction of sp³-hybridized carbons (Fsp3) is 0.0714.